The van der Waals surface area contributed by atoms with E-state index in [1.54, 1.807) is 6.08 Å². The molecule has 0 aliphatic heterocycles. The van der Waals surface area contributed by atoms with Gasteiger partial charge in [-0.05, 0) is 6.92 Å². The minimum absolute atomic E-state index is 1.32. The summed E-state index contributed by atoms with van der Waals surface area (Å²) >= 11 is 0. The first kappa shape index (κ1) is 17.5. The summed E-state index contributed by atoms with van der Waals surface area (Å²) in [5.74, 6) is 0. The van der Waals surface area contributed by atoms with E-state index in [1.165, 1.54) is 32.1 Å². The molecule has 0 saturated heterocycles. The standard InChI is InChI=1S/C4H10.2C3H6.C2H4/c1-3-4-2;1-2-3-1;1-3-2;1-2/h3-4H2,1-2H3;1-3H2;3H,1H2,2H3;1-2H2. The molecular weight excluding hydrogens is 144 g/mol. The molecule has 0 nitrogen and oxygen atoms in total. The number of hydrogen-bond donors (Lipinski definition) is 0. The van der Waals surface area contributed by atoms with Crippen LogP contribution in [0, 0.1) is 0 Å². The van der Waals surface area contributed by atoms with Crippen LogP contribution < -0.4 is 0 Å². The van der Waals surface area contributed by atoms with Gasteiger partial charge < -0.3 is 0 Å². The second-order valence-electron chi connectivity index (χ2n) is 2.47. The Labute approximate surface area is 79.4 Å². The van der Waals surface area contributed by atoms with E-state index in [9.17, 15) is 0 Å². The number of unbranched alkanes of at least 4 members (excludes halogenated alkanes) is 1. The second-order valence-corrected chi connectivity index (χ2v) is 2.47. The topological polar surface area (TPSA) is 0 Å². The fourth-order valence-electron chi connectivity index (χ4n) is 0. The van der Waals surface area contributed by atoms with E-state index in [0.29, 0.717) is 0 Å². The molecule has 12 heavy (non-hydrogen) atoms. The van der Waals surface area contributed by atoms with E-state index in [-0.39, 0.29) is 0 Å². The average molecular weight is 170 g/mol. The molecule has 0 aromatic rings. The Morgan fingerprint density at radius 3 is 1.17 bits per heavy atom. The summed E-state index contributed by atoms with van der Waals surface area (Å²) in [5, 5.41) is 0. The van der Waals surface area contributed by atoms with Gasteiger partial charge in [-0.3, -0.25) is 0 Å². The zero-order valence-corrected chi connectivity index (χ0v) is 9.23. The van der Waals surface area contributed by atoms with E-state index in [4.69, 9.17) is 0 Å². The highest BCUT2D eigenvalue weighted by Crippen LogP contribution is 2.14. The quantitative estimate of drug-likeness (QED) is 0.487. The third-order valence-corrected chi connectivity index (χ3v) is 0.854. The van der Waals surface area contributed by atoms with Crippen molar-refractivity contribution in [2.24, 2.45) is 0 Å². The predicted octanol–water partition coefficient (Wildman–Crippen LogP) is 4.97. The molecule has 0 spiro atoms. The molecule has 0 aromatic heterocycles. The molecule has 0 N–H and O–H groups in total. The molecule has 1 rings (SSSR count). The fraction of sp³-hybridized carbons (Fsp3) is 0.667. The van der Waals surface area contributed by atoms with Crippen molar-refractivity contribution in [2.75, 3.05) is 0 Å². The largest absolute Gasteiger partial charge is 0.106 e. The third kappa shape index (κ3) is 311. The summed E-state index contributed by atoms with van der Waals surface area (Å²) in [6.45, 7) is 15.6. The van der Waals surface area contributed by atoms with Crippen LogP contribution >= 0.6 is 0 Å². The zero-order chi connectivity index (χ0) is 10.2. The van der Waals surface area contributed by atoms with Crippen molar-refractivity contribution in [2.45, 2.75) is 52.9 Å². The van der Waals surface area contributed by atoms with Crippen LogP contribution in [-0.4, -0.2) is 0 Å². The molecule has 1 aliphatic carbocycles. The number of allylic oxidation sites excluding steroid dienone is 1. The van der Waals surface area contributed by atoms with Gasteiger partial charge in [0.1, 0.15) is 0 Å². The summed E-state index contributed by atoms with van der Waals surface area (Å²) in [7, 11) is 0. The SMILES string of the molecule is C1CC1.C=C.C=CC.CCCC. The maximum atomic E-state index is 3.36. The van der Waals surface area contributed by atoms with E-state index in [1.807, 2.05) is 6.92 Å². The van der Waals surface area contributed by atoms with Crippen molar-refractivity contribution in [3.63, 3.8) is 0 Å². The summed E-state index contributed by atoms with van der Waals surface area (Å²) < 4.78 is 0. The molecule has 0 radical (unpaired) electrons. The van der Waals surface area contributed by atoms with Gasteiger partial charge in [-0.2, -0.15) is 0 Å². The molecule has 0 unspecified atom stereocenters. The monoisotopic (exact) mass is 170 g/mol. The van der Waals surface area contributed by atoms with Crippen molar-refractivity contribution in [3.05, 3.63) is 25.8 Å². The maximum Gasteiger partial charge on any atom is -0.0473 e. The Morgan fingerprint density at radius 1 is 1.00 bits per heavy atom. The van der Waals surface area contributed by atoms with Crippen LogP contribution in [0.15, 0.2) is 25.8 Å². The van der Waals surface area contributed by atoms with Gasteiger partial charge in [0.2, 0.25) is 0 Å². The normalized spacial score (nSPS) is 9.92. The van der Waals surface area contributed by atoms with Gasteiger partial charge in [0.05, 0.1) is 0 Å². The Kier molecular flexibility index (Phi) is 45.8. The van der Waals surface area contributed by atoms with Crippen molar-refractivity contribution in [3.8, 4) is 0 Å². The first-order valence-electron chi connectivity index (χ1n) is 4.90. The molecule has 1 fully saturated rings. The van der Waals surface area contributed by atoms with Crippen molar-refractivity contribution in [1.82, 2.24) is 0 Å². The van der Waals surface area contributed by atoms with Gasteiger partial charge in [-0.1, -0.05) is 52.0 Å². The van der Waals surface area contributed by atoms with E-state index >= 15 is 0 Å². The van der Waals surface area contributed by atoms with Crippen LogP contribution in [-0.2, 0) is 0 Å². The van der Waals surface area contributed by atoms with Crippen LogP contribution in [0.5, 0.6) is 0 Å². The van der Waals surface area contributed by atoms with Crippen LogP contribution in [0.25, 0.3) is 0 Å². The first-order chi connectivity index (χ1) is 5.83. The maximum absolute atomic E-state index is 3.36. The third-order valence-electron chi connectivity index (χ3n) is 0.854. The Bertz CT molecular complexity index is 48.3. The van der Waals surface area contributed by atoms with Crippen LogP contribution in [0.3, 0.4) is 0 Å². The summed E-state index contributed by atoms with van der Waals surface area (Å²) in [5.41, 5.74) is 0. The van der Waals surface area contributed by atoms with Gasteiger partial charge in [-0.25, -0.2) is 0 Å². The van der Waals surface area contributed by atoms with Crippen molar-refractivity contribution in [1.29, 1.82) is 0 Å². The Morgan fingerprint density at radius 2 is 1.17 bits per heavy atom. The van der Waals surface area contributed by atoms with Gasteiger partial charge in [-0.15, -0.1) is 19.7 Å². The predicted molar refractivity (Wildman–Crippen MR) is 61.6 cm³/mol. The molecule has 0 heteroatoms. The molecular formula is C12H26. The van der Waals surface area contributed by atoms with Crippen molar-refractivity contribution >= 4 is 0 Å². The highest BCUT2D eigenvalue weighted by Gasteiger charge is 1.95. The number of hydrogen-bond acceptors (Lipinski definition) is 0. The molecule has 0 atom stereocenters. The molecule has 0 heterocycles. The smallest absolute Gasteiger partial charge is 0.0473 e. The van der Waals surface area contributed by atoms with Gasteiger partial charge in [0, 0.05) is 0 Å². The summed E-state index contributed by atoms with van der Waals surface area (Å²) in [4.78, 5) is 0. The zero-order valence-electron chi connectivity index (χ0n) is 9.23. The Hall–Kier alpha value is -0.520. The fourth-order valence-corrected chi connectivity index (χ4v) is 0. The molecule has 1 aliphatic rings. The highest BCUT2D eigenvalue weighted by molar-refractivity contribution is 4.51. The van der Waals surface area contributed by atoms with Crippen LogP contribution in [0.1, 0.15) is 52.9 Å². The van der Waals surface area contributed by atoms with Gasteiger partial charge in [0.25, 0.3) is 0 Å². The molecule has 0 aromatic carbocycles. The highest BCUT2D eigenvalue weighted by atomic mass is 14.0. The first-order valence-corrected chi connectivity index (χ1v) is 4.90. The lowest BCUT2D eigenvalue weighted by Crippen LogP contribution is -1.47. The van der Waals surface area contributed by atoms with Crippen molar-refractivity contribution < 1.29 is 0 Å². The van der Waals surface area contributed by atoms with Crippen LogP contribution in [0.2, 0.25) is 0 Å². The molecule has 0 bridgehead atoms. The Balaban J connectivity index is -0.0000000927. The van der Waals surface area contributed by atoms with Gasteiger partial charge >= 0.3 is 0 Å². The lowest BCUT2D eigenvalue weighted by Gasteiger charge is -1.68. The van der Waals surface area contributed by atoms with E-state index < -0.39 is 0 Å². The minimum atomic E-state index is 1.32. The average Bonchev–Trinajstić information content (AvgIpc) is 2.95. The summed E-state index contributed by atoms with van der Waals surface area (Å²) in [6, 6.07) is 0. The molecule has 0 amide bonds. The minimum Gasteiger partial charge on any atom is -0.106 e. The van der Waals surface area contributed by atoms with Gasteiger partial charge in [0.15, 0.2) is 0 Å². The number of rotatable bonds is 1. The molecule has 74 valence electrons. The van der Waals surface area contributed by atoms with E-state index in [2.05, 4.69) is 33.6 Å². The lowest BCUT2D eigenvalue weighted by atomic mass is 10.4. The summed E-state index contributed by atoms with van der Waals surface area (Å²) in [6.07, 6.45) is 8.89. The second kappa shape index (κ2) is 31.4. The van der Waals surface area contributed by atoms with Crippen LogP contribution in [0.4, 0.5) is 0 Å². The van der Waals surface area contributed by atoms with E-state index in [0.717, 1.165) is 0 Å². The molecule has 1 saturated carbocycles. The lowest BCUT2D eigenvalue weighted by molar-refractivity contribution is 0.886.